The van der Waals surface area contributed by atoms with E-state index in [4.69, 9.17) is 4.74 Å². The van der Waals surface area contributed by atoms with Crippen molar-refractivity contribution in [3.8, 4) is 5.75 Å². The lowest BCUT2D eigenvalue weighted by Crippen LogP contribution is -2.46. The maximum Gasteiger partial charge on any atom is 0.125 e. The van der Waals surface area contributed by atoms with Crippen LogP contribution in [0, 0.1) is 17.8 Å². The number of hydrogen-bond acceptors (Lipinski definition) is 4. The molecular weight excluding hydrogens is 653 g/mol. The Morgan fingerprint density at radius 3 is 2.62 bits per heavy atom. The largest absolute Gasteiger partial charge is 0.489 e. The van der Waals surface area contributed by atoms with Gasteiger partial charge in [-0.05, 0) is 135 Å². The van der Waals surface area contributed by atoms with Gasteiger partial charge in [-0.25, -0.2) is 0 Å². The molecule has 1 saturated heterocycles. The van der Waals surface area contributed by atoms with E-state index in [-0.39, 0.29) is 0 Å². The number of benzene rings is 1. The van der Waals surface area contributed by atoms with Crippen LogP contribution in [-0.4, -0.2) is 40.4 Å². The Morgan fingerprint density at radius 2 is 1.71 bits per heavy atom. The molecule has 0 bridgehead atoms. The lowest BCUT2D eigenvalue weighted by atomic mass is 9.73. The first-order chi connectivity index (χ1) is 25.8. The van der Waals surface area contributed by atoms with Gasteiger partial charge in [0.2, 0.25) is 0 Å². The van der Waals surface area contributed by atoms with Gasteiger partial charge in [0.1, 0.15) is 11.9 Å². The molecule has 0 amide bonds. The van der Waals surface area contributed by atoms with Gasteiger partial charge in [0.15, 0.2) is 0 Å². The van der Waals surface area contributed by atoms with Crippen LogP contribution in [0.5, 0.6) is 5.75 Å². The highest BCUT2D eigenvalue weighted by Crippen LogP contribution is 2.58. The van der Waals surface area contributed by atoms with Crippen LogP contribution < -0.4 is 9.64 Å². The second-order valence-corrected chi connectivity index (χ2v) is 18.9. The molecule has 0 spiro atoms. The summed E-state index contributed by atoms with van der Waals surface area (Å²) >= 11 is 2.28. The molecule has 2 saturated carbocycles. The highest BCUT2D eigenvalue weighted by molar-refractivity contribution is 8.04. The van der Waals surface area contributed by atoms with E-state index < -0.39 is 0 Å². The van der Waals surface area contributed by atoms with Crippen molar-refractivity contribution in [1.29, 1.82) is 0 Å². The third kappa shape index (κ3) is 5.31. The minimum absolute atomic E-state index is 0.358. The van der Waals surface area contributed by atoms with Crippen molar-refractivity contribution >= 4 is 17.4 Å². The first-order valence-corrected chi connectivity index (χ1v) is 22.2. The van der Waals surface area contributed by atoms with E-state index in [0.717, 1.165) is 17.6 Å². The van der Waals surface area contributed by atoms with Crippen molar-refractivity contribution in [1.82, 2.24) is 4.90 Å². The number of hydrogen-bond donors (Lipinski definition) is 0. The average Bonchev–Trinajstić information content (AvgIpc) is 3.88. The highest BCUT2D eigenvalue weighted by atomic mass is 32.2. The molecule has 3 heterocycles. The lowest BCUT2D eigenvalue weighted by molar-refractivity contribution is 0.164. The molecule has 3 nitrogen and oxygen atoms in total. The monoisotopic (exact) mass is 708 g/mol. The number of nitrogens with zero attached hydrogens (tertiary/aromatic N) is 2. The topological polar surface area (TPSA) is 15.7 Å². The summed E-state index contributed by atoms with van der Waals surface area (Å²) in [6, 6.07) is 8.94. The van der Waals surface area contributed by atoms with E-state index >= 15 is 0 Å². The number of fused-ring (bicyclic) bond motifs is 8. The van der Waals surface area contributed by atoms with E-state index in [9.17, 15) is 0 Å². The van der Waals surface area contributed by atoms with Crippen molar-refractivity contribution < 1.29 is 4.74 Å². The Kier molecular flexibility index (Phi) is 8.38. The van der Waals surface area contributed by atoms with E-state index in [1.54, 1.807) is 21.7 Å². The molecule has 0 aromatic heterocycles. The van der Waals surface area contributed by atoms with Crippen LogP contribution in [0.15, 0.2) is 112 Å². The van der Waals surface area contributed by atoms with Gasteiger partial charge in [-0.3, -0.25) is 4.90 Å². The number of likely N-dealkylation sites (tertiary alicyclic amines) is 1. The predicted molar refractivity (Wildman–Crippen MR) is 217 cm³/mol. The minimum atomic E-state index is 0.358. The normalized spacial score (nSPS) is 38.7. The molecule has 3 aliphatic heterocycles. The zero-order valence-corrected chi connectivity index (χ0v) is 31.7. The van der Waals surface area contributed by atoms with E-state index in [1.807, 2.05) is 0 Å². The van der Waals surface area contributed by atoms with E-state index in [2.05, 4.69) is 107 Å². The molecule has 270 valence electrons. The van der Waals surface area contributed by atoms with Crippen molar-refractivity contribution in [3.63, 3.8) is 0 Å². The van der Waals surface area contributed by atoms with Gasteiger partial charge >= 0.3 is 0 Å². The third-order valence-electron chi connectivity index (χ3n) is 14.9. The second kappa shape index (κ2) is 13.4. The van der Waals surface area contributed by atoms with Crippen LogP contribution in [0.4, 0.5) is 5.69 Å². The SMILES string of the molecule is C1=CCC(N2C3C=C(C4=CCCC=C4)CCC3C3CC(N(C4=CCCC5=C4C4CCCCC4S5)c4cccc5c4C4CCCCC4O5)C=CC32)C=C1. The Bertz CT molecular complexity index is 1860. The standard InChI is InChI=1S/C48H56N2OS/c1-3-13-31(14-4-1)32-25-27-35-38-30-34(26-28-39(38)49(42(35)29-32)33-15-5-2-6-16-33)50(40-19-11-22-44-47(40)36-17-7-9-21-43(36)51-44)41-20-12-24-46-48(41)37-18-8-10-23-45(37)52-46/h2-3,5-6,11,13-15,19-20,22,26,28-29,33-39,42-43,45H,1,4,7-10,12,16-18,21,23-25,27,30H2. The Hall–Kier alpha value is -2.95. The summed E-state index contributed by atoms with van der Waals surface area (Å²) in [6.45, 7) is 0. The summed E-state index contributed by atoms with van der Waals surface area (Å²) in [7, 11) is 0. The Balaban J connectivity index is 1.01. The highest BCUT2D eigenvalue weighted by Gasteiger charge is 2.53. The molecule has 10 aliphatic rings. The molecule has 0 radical (unpaired) electrons. The minimum Gasteiger partial charge on any atom is -0.489 e. The number of ether oxygens (including phenoxy) is 1. The van der Waals surface area contributed by atoms with Gasteiger partial charge in [0.05, 0.1) is 6.04 Å². The van der Waals surface area contributed by atoms with Gasteiger partial charge in [-0.1, -0.05) is 92.2 Å². The number of anilines is 1. The summed E-state index contributed by atoms with van der Waals surface area (Å²) in [5, 5.41) is 0.792. The summed E-state index contributed by atoms with van der Waals surface area (Å²) in [6.07, 6.45) is 48.3. The molecule has 4 heteroatoms. The molecule has 7 aliphatic carbocycles. The summed E-state index contributed by atoms with van der Waals surface area (Å²) in [4.78, 5) is 7.62. The van der Waals surface area contributed by atoms with E-state index in [0.29, 0.717) is 48.0 Å². The fourth-order valence-corrected chi connectivity index (χ4v) is 14.4. The first-order valence-electron chi connectivity index (χ1n) is 21.4. The zero-order valence-electron chi connectivity index (χ0n) is 30.9. The molecule has 0 N–H and O–H groups in total. The number of allylic oxidation sites excluding steroid dienone is 10. The summed E-state index contributed by atoms with van der Waals surface area (Å²) in [5.41, 5.74) is 9.44. The molecule has 3 fully saturated rings. The second-order valence-electron chi connectivity index (χ2n) is 17.5. The molecule has 52 heavy (non-hydrogen) atoms. The third-order valence-corrected chi connectivity index (χ3v) is 16.5. The van der Waals surface area contributed by atoms with Crippen LogP contribution >= 0.6 is 11.8 Å². The molecule has 10 unspecified atom stereocenters. The van der Waals surface area contributed by atoms with Crippen LogP contribution in [0.2, 0.25) is 0 Å². The van der Waals surface area contributed by atoms with Crippen LogP contribution in [-0.2, 0) is 0 Å². The maximum atomic E-state index is 6.82. The molecule has 10 atom stereocenters. The first kappa shape index (κ1) is 32.5. The van der Waals surface area contributed by atoms with Crippen molar-refractivity contribution in [2.75, 3.05) is 4.90 Å². The average molecular weight is 709 g/mol. The van der Waals surface area contributed by atoms with Crippen molar-refractivity contribution in [2.24, 2.45) is 17.8 Å². The van der Waals surface area contributed by atoms with Crippen LogP contribution in [0.3, 0.4) is 0 Å². The van der Waals surface area contributed by atoms with E-state index in [1.165, 1.54) is 119 Å². The molecule has 1 aromatic carbocycles. The zero-order chi connectivity index (χ0) is 34.2. The fraction of sp³-hybridized carbons (Fsp3) is 0.542. The molecule has 1 aromatic rings. The quantitative estimate of drug-likeness (QED) is 0.283. The van der Waals surface area contributed by atoms with Gasteiger partial charge in [-0.15, -0.1) is 11.8 Å². The Labute approximate surface area is 316 Å². The maximum absolute atomic E-state index is 6.82. The fourth-order valence-electron chi connectivity index (χ4n) is 12.7. The Morgan fingerprint density at radius 1 is 0.788 bits per heavy atom. The number of thioether (sulfide) groups is 1. The molecule has 11 rings (SSSR count). The smallest absolute Gasteiger partial charge is 0.125 e. The summed E-state index contributed by atoms with van der Waals surface area (Å²) in [5.74, 6) is 3.79. The van der Waals surface area contributed by atoms with Crippen molar-refractivity contribution in [2.45, 2.75) is 144 Å². The van der Waals surface area contributed by atoms with Crippen LogP contribution in [0.1, 0.15) is 114 Å². The molecular formula is C48H56N2OS. The van der Waals surface area contributed by atoms with Gasteiger partial charge < -0.3 is 9.64 Å². The lowest BCUT2D eigenvalue weighted by Gasteiger charge is -2.44. The number of rotatable bonds is 5. The van der Waals surface area contributed by atoms with Crippen molar-refractivity contribution in [3.05, 3.63) is 118 Å². The van der Waals surface area contributed by atoms with Gasteiger partial charge in [-0.2, -0.15) is 0 Å². The van der Waals surface area contributed by atoms with Crippen LogP contribution in [0.25, 0.3) is 0 Å². The predicted octanol–water partition coefficient (Wildman–Crippen LogP) is 11.6. The van der Waals surface area contributed by atoms with Gasteiger partial charge in [0, 0.05) is 46.2 Å². The van der Waals surface area contributed by atoms with Gasteiger partial charge in [0.25, 0.3) is 0 Å². The summed E-state index contributed by atoms with van der Waals surface area (Å²) < 4.78 is 6.82.